The Labute approximate surface area is 134 Å². The molecule has 1 unspecified atom stereocenters. The van der Waals surface area contributed by atoms with Crippen LogP contribution in [0, 0.1) is 0 Å². The Hall–Kier alpha value is -1.40. The van der Waals surface area contributed by atoms with Gasteiger partial charge in [-0.1, -0.05) is 6.07 Å². The highest BCUT2D eigenvalue weighted by Crippen LogP contribution is 2.18. The highest BCUT2D eigenvalue weighted by atomic mass is 32.1. The number of nitrogens with zero attached hydrogens (tertiary/aromatic N) is 1. The van der Waals surface area contributed by atoms with Crippen molar-refractivity contribution in [2.75, 3.05) is 19.7 Å². The fourth-order valence-corrected chi connectivity index (χ4v) is 3.77. The number of rotatable bonds is 4. The molecule has 2 aliphatic heterocycles. The Morgan fingerprint density at radius 3 is 2.77 bits per heavy atom. The standard InChI is InChI=1S/C16H22N2O3S/c19-15(11-13-3-2-10-22-13)17-12-5-7-18(8-6-12)16(20)14-4-1-9-21-14/h2-3,10,12,14H,1,4-9,11H2,(H,17,19). The lowest BCUT2D eigenvalue weighted by molar-refractivity contribution is -0.142. The summed E-state index contributed by atoms with van der Waals surface area (Å²) >= 11 is 1.60. The summed E-state index contributed by atoms with van der Waals surface area (Å²) in [6, 6.07) is 4.12. The molecule has 0 aromatic carbocycles. The number of ether oxygens (including phenoxy) is 1. The van der Waals surface area contributed by atoms with Crippen molar-refractivity contribution < 1.29 is 14.3 Å². The molecule has 1 atom stereocenters. The third-order valence-corrected chi connectivity index (χ3v) is 5.17. The minimum absolute atomic E-state index is 0.0753. The summed E-state index contributed by atoms with van der Waals surface area (Å²) in [5.41, 5.74) is 0. The van der Waals surface area contributed by atoms with Crippen molar-refractivity contribution in [3.63, 3.8) is 0 Å². The van der Waals surface area contributed by atoms with Crippen LogP contribution < -0.4 is 5.32 Å². The number of thiophene rings is 1. The third-order valence-electron chi connectivity index (χ3n) is 4.29. The van der Waals surface area contributed by atoms with E-state index in [0.717, 1.165) is 30.6 Å². The molecule has 1 aromatic rings. The first-order valence-electron chi connectivity index (χ1n) is 7.94. The molecule has 1 N–H and O–H groups in total. The number of carbonyl (C=O) groups excluding carboxylic acids is 2. The molecular weight excluding hydrogens is 300 g/mol. The van der Waals surface area contributed by atoms with Crippen LogP contribution in [0.5, 0.6) is 0 Å². The lowest BCUT2D eigenvalue weighted by Gasteiger charge is -2.33. The number of nitrogens with one attached hydrogen (secondary N) is 1. The van der Waals surface area contributed by atoms with Crippen molar-refractivity contribution in [2.24, 2.45) is 0 Å². The van der Waals surface area contributed by atoms with Gasteiger partial charge in [0.05, 0.1) is 6.42 Å². The van der Waals surface area contributed by atoms with E-state index in [1.807, 2.05) is 22.4 Å². The van der Waals surface area contributed by atoms with Crippen LogP contribution in [-0.4, -0.2) is 48.6 Å². The zero-order chi connectivity index (χ0) is 15.4. The molecule has 5 nitrogen and oxygen atoms in total. The predicted molar refractivity (Wildman–Crippen MR) is 84.7 cm³/mol. The van der Waals surface area contributed by atoms with E-state index in [9.17, 15) is 9.59 Å². The molecule has 2 fully saturated rings. The van der Waals surface area contributed by atoms with Crippen LogP contribution in [-0.2, 0) is 20.7 Å². The molecule has 3 rings (SSSR count). The van der Waals surface area contributed by atoms with Gasteiger partial charge < -0.3 is 15.0 Å². The van der Waals surface area contributed by atoms with Gasteiger partial charge in [-0.05, 0) is 37.1 Å². The first-order chi connectivity index (χ1) is 10.7. The van der Waals surface area contributed by atoms with E-state index in [1.165, 1.54) is 0 Å². The van der Waals surface area contributed by atoms with Gasteiger partial charge in [0.25, 0.3) is 5.91 Å². The van der Waals surface area contributed by atoms with E-state index in [2.05, 4.69) is 5.32 Å². The van der Waals surface area contributed by atoms with Crippen LogP contribution in [0.15, 0.2) is 17.5 Å². The van der Waals surface area contributed by atoms with Crippen molar-refractivity contribution in [3.8, 4) is 0 Å². The minimum Gasteiger partial charge on any atom is -0.368 e. The number of carbonyl (C=O) groups is 2. The zero-order valence-corrected chi connectivity index (χ0v) is 13.4. The second-order valence-electron chi connectivity index (χ2n) is 5.92. The van der Waals surface area contributed by atoms with E-state index >= 15 is 0 Å². The summed E-state index contributed by atoms with van der Waals surface area (Å²) in [5.74, 6) is 0.201. The fourth-order valence-electron chi connectivity index (χ4n) is 3.07. The molecule has 0 bridgehead atoms. The average Bonchev–Trinajstić information content (AvgIpc) is 3.20. The molecule has 0 radical (unpaired) electrons. The van der Waals surface area contributed by atoms with Gasteiger partial charge in [0.15, 0.2) is 0 Å². The van der Waals surface area contributed by atoms with Crippen molar-refractivity contribution in [2.45, 2.75) is 44.2 Å². The summed E-state index contributed by atoms with van der Waals surface area (Å²) < 4.78 is 5.46. The quantitative estimate of drug-likeness (QED) is 0.915. The summed E-state index contributed by atoms with van der Waals surface area (Å²) in [6.07, 6.45) is 3.70. The molecule has 120 valence electrons. The minimum atomic E-state index is -0.232. The maximum atomic E-state index is 12.3. The molecule has 2 amide bonds. The van der Waals surface area contributed by atoms with Gasteiger partial charge in [0, 0.05) is 30.6 Å². The van der Waals surface area contributed by atoms with Crippen LogP contribution >= 0.6 is 11.3 Å². The first-order valence-corrected chi connectivity index (χ1v) is 8.82. The molecule has 2 saturated heterocycles. The van der Waals surface area contributed by atoms with Crippen LogP contribution in [0.1, 0.15) is 30.6 Å². The largest absolute Gasteiger partial charge is 0.368 e. The highest BCUT2D eigenvalue weighted by Gasteiger charge is 2.31. The Kier molecular flexibility index (Phi) is 5.10. The van der Waals surface area contributed by atoms with E-state index in [0.29, 0.717) is 26.1 Å². The Morgan fingerprint density at radius 2 is 2.14 bits per heavy atom. The molecule has 0 saturated carbocycles. The summed E-state index contributed by atoms with van der Waals surface area (Å²) in [5, 5.41) is 5.07. The molecule has 1 aromatic heterocycles. The number of piperidine rings is 1. The molecule has 2 aliphatic rings. The summed E-state index contributed by atoms with van der Waals surface area (Å²) in [4.78, 5) is 27.2. The van der Waals surface area contributed by atoms with Crippen LogP contribution in [0.25, 0.3) is 0 Å². The Bertz CT molecular complexity index is 503. The maximum Gasteiger partial charge on any atom is 0.251 e. The van der Waals surface area contributed by atoms with Gasteiger partial charge in [0.1, 0.15) is 6.10 Å². The maximum absolute atomic E-state index is 12.3. The van der Waals surface area contributed by atoms with E-state index in [-0.39, 0.29) is 24.0 Å². The molecule has 6 heteroatoms. The third kappa shape index (κ3) is 3.87. The smallest absolute Gasteiger partial charge is 0.251 e. The molecule has 0 aliphatic carbocycles. The zero-order valence-electron chi connectivity index (χ0n) is 12.6. The molecule has 0 spiro atoms. The molecule has 22 heavy (non-hydrogen) atoms. The van der Waals surface area contributed by atoms with E-state index < -0.39 is 0 Å². The van der Waals surface area contributed by atoms with Gasteiger partial charge in [-0.25, -0.2) is 0 Å². The second kappa shape index (κ2) is 7.24. The van der Waals surface area contributed by atoms with E-state index in [1.54, 1.807) is 11.3 Å². The normalized spacial score (nSPS) is 22.7. The lowest BCUT2D eigenvalue weighted by Crippen LogP contribution is -2.49. The molecular formula is C16H22N2O3S. The predicted octanol–water partition coefficient (Wildman–Crippen LogP) is 1.58. The lowest BCUT2D eigenvalue weighted by atomic mass is 10.0. The number of hydrogen-bond acceptors (Lipinski definition) is 4. The first kappa shape index (κ1) is 15.5. The SMILES string of the molecule is O=C(Cc1cccs1)NC1CCN(C(=O)C2CCCO2)CC1. The number of hydrogen-bond donors (Lipinski definition) is 1. The number of likely N-dealkylation sites (tertiary alicyclic amines) is 1. The topological polar surface area (TPSA) is 58.6 Å². The monoisotopic (exact) mass is 322 g/mol. The fraction of sp³-hybridized carbons (Fsp3) is 0.625. The number of amides is 2. The Morgan fingerprint density at radius 1 is 1.32 bits per heavy atom. The summed E-state index contributed by atoms with van der Waals surface area (Å²) in [6.45, 7) is 2.12. The molecule has 3 heterocycles. The summed E-state index contributed by atoms with van der Waals surface area (Å²) in [7, 11) is 0. The van der Waals surface area contributed by atoms with Crippen molar-refractivity contribution in [1.82, 2.24) is 10.2 Å². The van der Waals surface area contributed by atoms with Crippen LogP contribution in [0.3, 0.4) is 0 Å². The highest BCUT2D eigenvalue weighted by molar-refractivity contribution is 7.10. The van der Waals surface area contributed by atoms with Crippen molar-refractivity contribution in [1.29, 1.82) is 0 Å². The Balaban J connectivity index is 1.41. The average molecular weight is 322 g/mol. The van der Waals surface area contributed by atoms with Crippen LogP contribution in [0.2, 0.25) is 0 Å². The van der Waals surface area contributed by atoms with Crippen molar-refractivity contribution >= 4 is 23.2 Å². The van der Waals surface area contributed by atoms with Gasteiger partial charge in [-0.15, -0.1) is 11.3 Å². The van der Waals surface area contributed by atoms with Gasteiger partial charge >= 0.3 is 0 Å². The van der Waals surface area contributed by atoms with E-state index in [4.69, 9.17) is 4.74 Å². The van der Waals surface area contributed by atoms with Gasteiger partial charge in [-0.2, -0.15) is 0 Å². The van der Waals surface area contributed by atoms with Gasteiger partial charge in [0.2, 0.25) is 5.91 Å². The van der Waals surface area contributed by atoms with Crippen LogP contribution in [0.4, 0.5) is 0 Å². The van der Waals surface area contributed by atoms with Gasteiger partial charge in [-0.3, -0.25) is 9.59 Å². The second-order valence-corrected chi connectivity index (χ2v) is 6.96. The van der Waals surface area contributed by atoms with Crippen molar-refractivity contribution in [3.05, 3.63) is 22.4 Å².